The third kappa shape index (κ3) is 7.40. The van der Waals surface area contributed by atoms with Crippen molar-refractivity contribution in [3.05, 3.63) is 125 Å². The first-order valence-corrected chi connectivity index (χ1v) is 17.3. The molecule has 4 aromatic rings. The first-order chi connectivity index (χ1) is 23.1. The number of hydrogen-bond acceptors (Lipinski definition) is 6. The van der Waals surface area contributed by atoms with Crippen LogP contribution in [0.4, 0.5) is 0 Å². The zero-order valence-electron chi connectivity index (χ0n) is 28.3. The number of fused-ring (bicyclic) bond motifs is 2. The molecule has 2 saturated heterocycles. The molecule has 7 heteroatoms. The molecule has 48 heavy (non-hydrogen) atoms. The van der Waals surface area contributed by atoms with E-state index in [1.54, 1.807) is 24.5 Å². The highest BCUT2D eigenvalue weighted by molar-refractivity contribution is 5.93. The third-order valence-electron chi connectivity index (χ3n) is 10.4. The number of aliphatic hydroxyl groups excluding tert-OH is 1. The second kappa shape index (κ2) is 13.6. The molecule has 7 rings (SSSR count). The maximum atomic E-state index is 12.6. The van der Waals surface area contributed by atoms with Crippen LogP contribution in [0.2, 0.25) is 0 Å². The van der Waals surface area contributed by atoms with Crippen molar-refractivity contribution in [1.29, 1.82) is 0 Å². The molecular weight excluding hydrogens is 598 g/mol. The van der Waals surface area contributed by atoms with Crippen LogP contribution in [0.3, 0.4) is 0 Å². The monoisotopic (exact) mass is 645 g/mol. The van der Waals surface area contributed by atoms with E-state index in [1.165, 1.54) is 19.3 Å². The molecule has 0 spiro atoms. The Bertz CT molecular complexity index is 1730. The Hall–Kier alpha value is -3.88. The molecule has 3 heterocycles. The van der Waals surface area contributed by atoms with E-state index in [4.69, 9.17) is 9.47 Å². The van der Waals surface area contributed by atoms with Crippen LogP contribution in [-0.2, 0) is 22.6 Å². The van der Waals surface area contributed by atoms with Gasteiger partial charge in [0.05, 0.1) is 24.4 Å². The fourth-order valence-electron chi connectivity index (χ4n) is 8.59. The van der Waals surface area contributed by atoms with E-state index in [-0.39, 0.29) is 24.7 Å². The zero-order valence-corrected chi connectivity index (χ0v) is 28.3. The van der Waals surface area contributed by atoms with Gasteiger partial charge in [0.1, 0.15) is 0 Å². The van der Waals surface area contributed by atoms with Crippen molar-refractivity contribution in [2.75, 3.05) is 13.1 Å². The van der Waals surface area contributed by atoms with Gasteiger partial charge in [-0.15, -0.1) is 0 Å². The van der Waals surface area contributed by atoms with Crippen molar-refractivity contribution in [2.45, 2.75) is 84.1 Å². The summed E-state index contributed by atoms with van der Waals surface area (Å²) in [5.41, 5.74) is 7.40. The molecule has 1 amide bonds. The van der Waals surface area contributed by atoms with E-state index in [9.17, 15) is 9.90 Å². The molecule has 1 saturated carbocycles. The predicted molar refractivity (Wildman–Crippen MR) is 187 cm³/mol. The number of carbonyl (C=O) groups excluding carboxylic acids is 1. The van der Waals surface area contributed by atoms with Gasteiger partial charge in [-0.05, 0) is 82.2 Å². The first kappa shape index (κ1) is 32.7. The fourth-order valence-corrected chi connectivity index (χ4v) is 8.59. The Labute approximate surface area is 284 Å². The molecule has 2 bridgehead atoms. The largest absolute Gasteiger partial charge is 0.392 e. The van der Waals surface area contributed by atoms with Crippen LogP contribution in [0.5, 0.6) is 0 Å². The predicted octanol–water partition coefficient (Wildman–Crippen LogP) is 7.62. The number of aromatic nitrogens is 1. The molecule has 1 aliphatic carbocycles. The SMILES string of the molecule is CC1(C)CC2CC(C)(CN2C[C@H]2C[C@@H](c3ccc(CO)cc3)O[C@@H](c3cccc(-c4cccc(CNC(=O)c5cccnc5)c4)c3)O2)C1. The van der Waals surface area contributed by atoms with Gasteiger partial charge >= 0.3 is 0 Å². The van der Waals surface area contributed by atoms with Crippen molar-refractivity contribution in [2.24, 2.45) is 10.8 Å². The highest BCUT2D eigenvalue weighted by Crippen LogP contribution is 2.53. The Morgan fingerprint density at radius 3 is 2.48 bits per heavy atom. The summed E-state index contributed by atoms with van der Waals surface area (Å²) in [4.78, 5) is 19.3. The number of hydrogen-bond donors (Lipinski definition) is 2. The molecule has 0 radical (unpaired) electrons. The fraction of sp³-hybridized carbons (Fsp3) is 0.415. The molecule has 2 aliphatic heterocycles. The van der Waals surface area contributed by atoms with E-state index in [0.717, 1.165) is 52.9 Å². The summed E-state index contributed by atoms with van der Waals surface area (Å²) < 4.78 is 13.6. The molecule has 2 N–H and O–H groups in total. The van der Waals surface area contributed by atoms with Gasteiger partial charge in [-0.3, -0.25) is 14.7 Å². The number of nitrogens with one attached hydrogen (secondary N) is 1. The molecule has 7 nitrogen and oxygen atoms in total. The number of ether oxygens (including phenoxy) is 2. The van der Waals surface area contributed by atoms with E-state index < -0.39 is 6.29 Å². The number of nitrogens with zero attached hydrogens (tertiary/aromatic N) is 2. The smallest absolute Gasteiger partial charge is 0.253 e. The van der Waals surface area contributed by atoms with Crippen molar-refractivity contribution < 1.29 is 19.4 Å². The van der Waals surface area contributed by atoms with Crippen LogP contribution >= 0.6 is 0 Å². The lowest BCUT2D eigenvalue weighted by atomic mass is 9.65. The van der Waals surface area contributed by atoms with Gasteiger partial charge in [0.25, 0.3) is 5.91 Å². The van der Waals surface area contributed by atoms with E-state index in [1.807, 2.05) is 24.3 Å². The van der Waals surface area contributed by atoms with Crippen LogP contribution in [0.15, 0.2) is 97.3 Å². The molecule has 250 valence electrons. The molecule has 3 aromatic carbocycles. The summed E-state index contributed by atoms with van der Waals surface area (Å²) in [6.45, 7) is 9.78. The second-order valence-corrected chi connectivity index (χ2v) is 15.2. The minimum atomic E-state index is -0.512. The maximum Gasteiger partial charge on any atom is 0.253 e. The van der Waals surface area contributed by atoms with Crippen LogP contribution in [0, 0.1) is 10.8 Å². The molecule has 1 aromatic heterocycles. The normalized spacial score (nSPS) is 26.7. The van der Waals surface area contributed by atoms with Gasteiger partial charge < -0.3 is 19.9 Å². The Balaban J connectivity index is 1.10. The summed E-state index contributed by atoms with van der Waals surface area (Å²) in [5, 5.41) is 12.6. The number of amides is 1. The van der Waals surface area contributed by atoms with Crippen LogP contribution < -0.4 is 5.32 Å². The van der Waals surface area contributed by atoms with Gasteiger partial charge in [-0.25, -0.2) is 0 Å². The van der Waals surface area contributed by atoms with E-state index >= 15 is 0 Å². The lowest BCUT2D eigenvalue weighted by molar-refractivity contribution is -0.253. The van der Waals surface area contributed by atoms with Gasteiger partial charge in [0.2, 0.25) is 0 Å². The number of likely N-dealkylation sites (tertiary alicyclic amines) is 1. The van der Waals surface area contributed by atoms with Gasteiger partial charge in [0, 0.05) is 50.1 Å². The summed E-state index contributed by atoms with van der Waals surface area (Å²) in [6.07, 6.45) is 7.18. The van der Waals surface area contributed by atoms with Crippen molar-refractivity contribution >= 4 is 5.91 Å². The second-order valence-electron chi connectivity index (χ2n) is 15.2. The minimum Gasteiger partial charge on any atom is -0.392 e. The molecule has 3 fully saturated rings. The highest BCUT2D eigenvalue weighted by Gasteiger charge is 2.50. The number of pyridine rings is 1. The standard InChI is InChI=1S/C41H47N3O4/c1-40(2)20-35-21-41(3,26-40)27-44(35)24-36-19-37(30-14-12-28(25-45)13-15-30)48-39(47-36)33-10-5-9-32(18-33)31-8-4-7-29(17-31)22-43-38(46)34-11-6-16-42-23-34/h4-18,23,35-37,39,45H,19-22,24-27H2,1-3H3,(H,43,46)/t35?,36-,37+,39+,41?/m1/s1. The Morgan fingerprint density at radius 1 is 0.917 bits per heavy atom. The number of rotatable bonds is 9. The van der Waals surface area contributed by atoms with Gasteiger partial charge in [-0.2, -0.15) is 0 Å². The topological polar surface area (TPSA) is 83.9 Å². The molecular formula is C41H47N3O4. The van der Waals surface area contributed by atoms with E-state index in [0.29, 0.717) is 29.0 Å². The van der Waals surface area contributed by atoms with Gasteiger partial charge in [-0.1, -0.05) is 81.4 Å². The zero-order chi connectivity index (χ0) is 33.3. The summed E-state index contributed by atoms with van der Waals surface area (Å²) in [6, 6.07) is 28.9. The Kier molecular flexibility index (Phi) is 9.22. The van der Waals surface area contributed by atoms with Crippen LogP contribution in [0.25, 0.3) is 11.1 Å². The number of carbonyl (C=O) groups is 1. The molecule has 2 unspecified atom stereocenters. The van der Waals surface area contributed by atoms with E-state index in [2.05, 4.69) is 84.5 Å². The van der Waals surface area contributed by atoms with Crippen molar-refractivity contribution in [3.63, 3.8) is 0 Å². The highest BCUT2D eigenvalue weighted by atomic mass is 16.7. The maximum absolute atomic E-state index is 12.6. The van der Waals surface area contributed by atoms with Crippen molar-refractivity contribution in [1.82, 2.24) is 15.2 Å². The van der Waals surface area contributed by atoms with Crippen LogP contribution in [-0.4, -0.2) is 46.1 Å². The minimum absolute atomic E-state index is 0.0211. The average Bonchev–Trinajstić information content (AvgIpc) is 3.34. The van der Waals surface area contributed by atoms with Crippen molar-refractivity contribution in [3.8, 4) is 11.1 Å². The number of aliphatic hydroxyl groups is 1. The number of benzene rings is 3. The molecule has 5 atom stereocenters. The first-order valence-electron chi connectivity index (χ1n) is 17.3. The molecule has 3 aliphatic rings. The summed E-state index contributed by atoms with van der Waals surface area (Å²) in [5.74, 6) is -0.146. The van der Waals surface area contributed by atoms with Crippen LogP contribution in [0.1, 0.15) is 91.5 Å². The summed E-state index contributed by atoms with van der Waals surface area (Å²) in [7, 11) is 0. The van der Waals surface area contributed by atoms with Gasteiger partial charge in [0.15, 0.2) is 6.29 Å². The third-order valence-corrected chi connectivity index (χ3v) is 10.4. The quantitative estimate of drug-likeness (QED) is 0.195. The lowest BCUT2D eigenvalue weighted by Crippen LogP contribution is -2.42. The lowest BCUT2D eigenvalue weighted by Gasteiger charge is -2.41. The Morgan fingerprint density at radius 2 is 1.71 bits per heavy atom. The average molecular weight is 646 g/mol. The summed E-state index contributed by atoms with van der Waals surface area (Å²) >= 11 is 0.